The van der Waals surface area contributed by atoms with Gasteiger partial charge in [0, 0.05) is 43.8 Å². The molecule has 1 fully saturated rings. The summed E-state index contributed by atoms with van der Waals surface area (Å²) in [4.78, 5) is 3.99. The number of sulfonamides is 1. The highest BCUT2D eigenvalue weighted by molar-refractivity contribution is 7.89. The van der Waals surface area contributed by atoms with Crippen LogP contribution < -0.4 is 4.72 Å². The Morgan fingerprint density at radius 1 is 1.27 bits per heavy atom. The Morgan fingerprint density at radius 3 is 2.69 bits per heavy atom. The summed E-state index contributed by atoms with van der Waals surface area (Å²) < 4.78 is 34.0. The molecule has 1 atom stereocenters. The molecule has 2 heterocycles. The van der Waals surface area contributed by atoms with Crippen LogP contribution in [0.2, 0.25) is 0 Å². The molecule has 1 unspecified atom stereocenters. The van der Waals surface area contributed by atoms with E-state index in [2.05, 4.69) is 28.0 Å². The normalized spacial score (nSPS) is 21.3. The van der Waals surface area contributed by atoms with Crippen molar-refractivity contribution in [2.24, 2.45) is 0 Å². The Balaban J connectivity index is 1.76. The zero-order chi connectivity index (χ0) is 18.6. The van der Waals surface area contributed by atoms with Crippen LogP contribution in [0, 0.1) is 6.92 Å². The number of nitrogens with one attached hydrogen (secondary N) is 1. The Kier molecular flexibility index (Phi) is 6.14. The fourth-order valence-corrected chi connectivity index (χ4v) is 5.86. The van der Waals surface area contributed by atoms with Gasteiger partial charge in [0.2, 0.25) is 10.0 Å². The van der Waals surface area contributed by atoms with Crippen LogP contribution in [0.15, 0.2) is 46.7 Å². The van der Waals surface area contributed by atoms with E-state index in [0.29, 0.717) is 24.5 Å². The molecule has 0 bridgehead atoms. The van der Waals surface area contributed by atoms with Gasteiger partial charge in [-0.05, 0) is 48.9 Å². The van der Waals surface area contributed by atoms with Crippen LogP contribution in [0.1, 0.15) is 23.3 Å². The van der Waals surface area contributed by atoms with Crippen LogP contribution in [0.3, 0.4) is 0 Å². The molecule has 1 saturated heterocycles. The van der Waals surface area contributed by atoms with E-state index in [1.807, 2.05) is 6.07 Å². The lowest BCUT2D eigenvalue weighted by Gasteiger charge is -2.30. The highest BCUT2D eigenvalue weighted by Crippen LogP contribution is 2.30. The molecular weight excluding hydrogens is 368 g/mol. The van der Waals surface area contributed by atoms with Crippen molar-refractivity contribution in [1.82, 2.24) is 9.62 Å². The second-order valence-electron chi connectivity index (χ2n) is 6.93. The quantitative estimate of drug-likeness (QED) is 0.748. The first-order chi connectivity index (χ1) is 12.4. The first-order valence-electron chi connectivity index (χ1n) is 8.77. The molecule has 0 saturated carbocycles. The van der Waals surface area contributed by atoms with E-state index < -0.39 is 15.6 Å². The number of likely N-dealkylation sites (tertiary alicyclic amines) is 1. The van der Waals surface area contributed by atoms with E-state index in [1.165, 1.54) is 10.4 Å². The summed E-state index contributed by atoms with van der Waals surface area (Å²) in [6.45, 7) is 5.09. The minimum Gasteiger partial charge on any atom is -0.385 e. The van der Waals surface area contributed by atoms with Crippen molar-refractivity contribution in [3.05, 3.63) is 52.2 Å². The Hall–Kier alpha value is -1.25. The van der Waals surface area contributed by atoms with Gasteiger partial charge in [0.1, 0.15) is 0 Å². The van der Waals surface area contributed by atoms with Crippen molar-refractivity contribution in [1.29, 1.82) is 0 Å². The number of ether oxygens (including phenoxy) is 1. The molecule has 1 aliphatic heterocycles. The topological polar surface area (TPSA) is 58.6 Å². The van der Waals surface area contributed by atoms with Gasteiger partial charge >= 0.3 is 0 Å². The van der Waals surface area contributed by atoms with Crippen LogP contribution in [-0.2, 0) is 21.3 Å². The van der Waals surface area contributed by atoms with E-state index in [4.69, 9.17) is 4.74 Å². The lowest BCUT2D eigenvalue weighted by Crippen LogP contribution is -2.50. The van der Waals surface area contributed by atoms with E-state index in [-0.39, 0.29) is 0 Å². The van der Waals surface area contributed by atoms with Crippen LogP contribution in [0.25, 0.3) is 0 Å². The van der Waals surface area contributed by atoms with Gasteiger partial charge in [-0.3, -0.25) is 4.90 Å². The van der Waals surface area contributed by atoms with E-state index in [1.54, 1.807) is 42.7 Å². The van der Waals surface area contributed by atoms with Crippen molar-refractivity contribution in [3.63, 3.8) is 0 Å². The largest absolute Gasteiger partial charge is 0.385 e. The number of thiophene rings is 1. The van der Waals surface area contributed by atoms with Gasteiger partial charge in [-0.25, -0.2) is 13.1 Å². The van der Waals surface area contributed by atoms with Gasteiger partial charge in [0.25, 0.3) is 0 Å². The highest BCUT2D eigenvalue weighted by atomic mass is 32.2. The third-order valence-electron chi connectivity index (χ3n) is 4.96. The van der Waals surface area contributed by atoms with Crippen molar-refractivity contribution in [3.8, 4) is 0 Å². The highest BCUT2D eigenvalue weighted by Gasteiger charge is 2.41. The Bertz CT molecular complexity index is 820. The standard InChI is InChI=1S/C19H26N2O3S2/c1-16-8-13-25-18(16)14-21-11-9-19(15-21,10-12-24-2)20-26(22,23)17-6-4-3-5-7-17/h3-8,13,20H,9-12,14-15H2,1-2H3. The molecule has 2 aromatic rings. The zero-order valence-corrected chi connectivity index (χ0v) is 16.9. The molecule has 1 aromatic heterocycles. The Morgan fingerprint density at radius 2 is 2.04 bits per heavy atom. The molecular formula is C19H26N2O3S2. The SMILES string of the molecule is COCCC1(NS(=O)(=O)c2ccccc2)CCN(Cc2sccc2C)C1. The van der Waals surface area contributed by atoms with Gasteiger partial charge in [0.05, 0.1) is 4.90 Å². The number of hydrogen-bond donors (Lipinski definition) is 1. The minimum atomic E-state index is -3.56. The summed E-state index contributed by atoms with van der Waals surface area (Å²) in [7, 11) is -1.90. The van der Waals surface area contributed by atoms with Gasteiger partial charge in [0.15, 0.2) is 0 Å². The molecule has 0 amide bonds. The summed E-state index contributed by atoms with van der Waals surface area (Å²) >= 11 is 1.76. The van der Waals surface area contributed by atoms with Gasteiger partial charge < -0.3 is 4.74 Å². The van der Waals surface area contributed by atoms with Crippen molar-refractivity contribution < 1.29 is 13.2 Å². The molecule has 0 aliphatic carbocycles. The van der Waals surface area contributed by atoms with E-state index in [0.717, 1.165) is 19.5 Å². The minimum absolute atomic E-state index is 0.310. The maximum absolute atomic E-state index is 12.9. The predicted molar refractivity (Wildman–Crippen MR) is 105 cm³/mol. The summed E-state index contributed by atoms with van der Waals surface area (Å²) in [6, 6.07) is 10.7. The molecule has 7 heteroatoms. The smallest absolute Gasteiger partial charge is 0.241 e. The number of rotatable bonds is 8. The number of benzene rings is 1. The first-order valence-corrected chi connectivity index (χ1v) is 11.1. The van der Waals surface area contributed by atoms with E-state index in [9.17, 15) is 8.42 Å². The first kappa shape index (κ1) is 19.5. The second-order valence-corrected chi connectivity index (χ2v) is 9.61. The summed E-state index contributed by atoms with van der Waals surface area (Å²) in [5, 5.41) is 2.11. The molecule has 0 radical (unpaired) electrons. The second kappa shape index (κ2) is 8.19. The lowest BCUT2D eigenvalue weighted by atomic mass is 9.96. The third kappa shape index (κ3) is 4.53. The van der Waals surface area contributed by atoms with Gasteiger partial charge in [-0.15, -0.1) is 11.3 Å². The monoisotopic (exact) mass is 394 g/mol. The number of hydrogen-bond acceptors (Lipinski definition) is 5. The van der Waals surface area contributed by atoms with Crippen LogP contribution >= 0.6 is 11.3 Å². The fraction of sp³-hybridized carbons (Fsp3) is 0.474. The molecule has 3 rings (SSSR count). The van der Waals surface area contributed by atoms with Crippen LogP contribution in [0.5, 0.6) is 0 Å². The van der Waals surface area contributed by atoms with Crippen molar-refractivity contribution >= 4 is 21.4 Å². The molecule has 1 aliphatic rings. The van der Waals surface area contributed by atoms with Crippen LogP contribution in [-0.4, -0.2) is 45.7 Å². The maximum atomic E-state index is 12.9. The fourth-order valence-electron chi connectivity index (χ4n) is 3.44. The summed E-state index contributed by atoms with van der Waals surface area (Å²) in [5.74, 6) is 0. The number of aryl methyl sites for hydroxylation is 1. The zero-order valence-electron chi connectivity index (χ0n) is 15.3. The molecule has 5 nitrogen and oxygen atoms in total. The lowest BCUT2D eigenvalue weighted by molar-refractivity contribution is 0.161. The van der Waals surface area contributed by atoms with Crippen molar-refractivity contribution in [2.45, 2.75) is 36.7 Å². The van der Waals surface area contributed by atoms with Crippen molar-refractivity contribution in [2.75, 3.05) is 26.8 Å². The number of nitrogens with zero attached hydrogens (tertiary/aromatic N) is 1. The molecule has 142 valence electrons. The third-order valence-corrected chi connectivity index (χ3v) is 7.56. The van der Waals surface area contributed by atoms with Crippen LogP contribution in [0.4, 0.5) is 0 Å². The number of methoxy groups -OCH3 is 1. The molecule has 1 aromatic carbocycles. The molecule has 26 heavy (non-hydrogen) atoms. The molecule has 1 N–H and O–H groups in total. The predicted octanol–water partition coefficient (Wildman–Crippen LogP) is 3.02. The Labute approximate surface area is 160 Å². The average molecular weight is 395 g/mol. The molecule has 0 spiro atoms. The van der Waals surface area contributed by atoms with Gasteiger partial charge in [-0.1, -0.05) is 18.2 Å². The maximum Gasteiger partial charge on any atom is 0.241 e. The van der Waals surface area contributed by atoms with E-state index >= 15 is 0 Å². The van der Waals surface area contributed by atoms with Gasteiger partial charge in [-0.2, -0.15) is 0 Å². The average Bonchev–Trinajstić information content (AvgIpc) is 3.21. The summed E-state index contributed by atoms with van der Waals surface area (Å²) in [6.07, 6.45) is 1.45. The summed E-state index contributed by atoms with van der Waals surface area (Å²) in [5.41, 5.74) is 0.810.